The summed E-state index contributed by atoms with van der Waals surface area (Å²) in [5, 5.41) is 0. The second kappa shape index (κ2) is 8.47. The van der Waals surface area contributed by atoms with Crippen molar-refractivity contribution >= 4 is 12.1 Å². The van der Waals surface area contributed by atoms with E-state index >= 15 is 0 Å². The van der Waals surface area contributed by atoms with E-state index in [4.69, 9.17) is 9.47 Å². The molecule has 1 amide bonds. The predicted molar refractivity (Wildman–Crippen MR) is 118 cm³/mol. The van der Waals surface area contributed by atoms with Gasteiger partial charge in [-0.25, -0.2) is 4.79 Å². The number of amides is 1. The number of ether oxygens (including phenoxy) is 2. The third kappa shape index (κ3) is 6.89. The Morgan fingerprint density at radius 1 is 0.897 bits per heavy atom. The second-order valence-corrected chi connectivity index (χ2v) is 12.2. The Morgan fingerprint density at radius 3 is 1.72 bits per heavy atom. The van der Waals surface area contributed by atoms with E-state index in [0.717, 1.165) is 12.8 Å². The SMILES string of the molecule is CCC1(OC(=O)C(C)(CC(C)(C)C)C(C)(C)C)CCN(C(=O)OC(C)(C)C)CC1. The molecule has 5 heteroatoms. The summed E-state index contributed by atoms with van der Waals surface area (Å²) in [5.41, 5.74) is -1.82. The molecule has 1 rings (SSSR count). The van der Waals surface area contributed by atoms with Crippen molar-refractivity contribution < 1.29 is 19.1 Å². The lowest BCUT2D eigenvalue weighted by Crippen LogP contribution is -2.53. The number of hydrogen-bond donors (Lipinski definition) is 0. The molecule has 1 atom stereocenters. The molecule has 29 heavy (non-hydrogen) atoms. The van der Waals surface area contributed by atoms with Gasteiger partial charge in [0, 0.05) is 25.9 Å². The number of carbonyl (C=O) groups excluding carboxylic acids is 2. The minimum absolute atomic E-state index is 0.0144. The molecule has 0 aromatic rings. The fourth-order valence-corrected chi connectivity index (χ4v) is 3.96. The zero-order valence-electron chi connectivity index (χ0n) is 20.8. The van der Waals surface area contributed by atoms with Gasteiger partial charge in [-0.2, -0.15) is 0 Å². The van der Waals surface area contributed by atoms with Gasteiger partial charge in [0.1, 0.15) is 11.2 Å². The smallest absolute Gasteiger partial charge is 0.410 e. The van der Waals surface area contributed by atoms with Crippen LogP contribution in [-0.2, 0) is 14.3 Å². The summed E-state index contributed by atoms with van der Waals surface area (Å²) in [4.78, 5) is 27.6. The Hall–Kier alpha value is -1.26. The Balaban J connectivity index is 2.94. The summed E-state index contributed by atoms with van der Waals surface area (Å²) < 4.78 is 11.8. The number of rotatable bonds is 4. The van der Waals surface area contributed by atoms with E-state index in [0.29, 0.717) is 25.9 Å². The van der Waals surface area contributed by atoms with Crippen LogP contribution in [0.25, 0.3) is 0 Å². The number of likely N-dealkylation sites (tertiary alicyclic amines) is 1. The van der Waals surface area contributed by atoms with E-state index < -0.39 is 16.6 Å². The maximum Gasteiger partial charge on any atom is 0.410 e. The first-order chi connectivity index (χ1) is 12.8. The summed E-state index contributed by atoms with van der Waals surface area (Å²) in [5.74, 6) is -0.118. The molecule has 0 N–H and O–H groups in total. The molecule has 1 aliphatic rings. The van der Waals surface area contributed by atoms with E-state index in [1.54, 1.807) is 4.90 Å². The molecule has 1 heterocycles. The van der Waals surface area contributed by atoms with Gasteiger partial charge >= 0.3 is 12.1 Å². The Labute approximate surface area is 178 Å². The summed E-state index contributed by atoms with van der Waals surface area (Å²) in [7, 11) is 0. The molecule has 1 unspecified atom stereocenters. The van der Waals surface area contributed by atoms with Crippen molar-refractivity contribution in [2.45, 2.75) is 113 Å². The number of esters is 1. The average molecular weight is 412 g/mol. The fraction of sp³-hybridized carbons (Fsp3) is 0.917. The quantitative estimate of drug-likeness (QED) is 0.517. The molecule has 170 valence electrons. The molecule has 0 saturated carbocycles. The van der Waals surface area contributed by atoms with Gasteiger partial charge < -0.3 is 14.4 Å². The predicted octanol–water partition coefficient (Wildman–Crippen LogP) is 6.20. The van der Waals surface area contributed by atoms with Crippen LogP contribution in [0, 0.1) is 16.2 Å². The lowest BCUT2D eigenvalue weighted by Gasteiger charge is -2.47. The first-order valence-electron chi connectivity index (χ1n) is 11.1. The van der Waals surface area contributed by atoms with Gasteiger partial charge in [0.25, 0.3) is 0 Å². The number of nitrogens with zero attached hydrogens (tertiary/aromatic N) is 1. The van der Waals surface area contributed by atoms with Gasteiger partial charge in [-0.05, 0) is 51.4 Å². The normalized spacial score (nSPS) is 20.0. The fourth-order valence-electron chi connectivity index (χ4n) is 3.96. The molecular weight excluding hydrogens is 366 g/mol. The lowest BCUT2D eigenvalue weighted by atomic mass is 9.61. The zero-order valence-corrected chi connectivity index (χ0v) is 20.8. The second-order valence-electron chi connectivity index (χ2n) is 12.2. The van der Waals surface area contributed by atoms with E-state index in [-0.39, 0.29) is 22.9 Å². The molecule has 0 spiro atoms. The van der Waals surface area contributed by atoms with Crippen LogP contribution in [0.2, 0.25) is 0 Å². The highest BCUT2D eigenvalue weighted by molar-refractivity contribution is 5.78. The zero-order chi connectivity index (χ0) is 22.9. The largest absolute Gasteiger partial charge is 0.459 e. The number of piperidine rings is 1. The minimum Gasteiger partial charge on any atom is -0.459 e. The third-order valence-electron chi connectivity index (χ3n) is 6.27. The van der Waals surface area contributed by atoms with Crippen LogP contribution in [-0.4, -0.2) is 41.3 Å². The Bertz CT molecular complexity index is 583. The maximum atomic E-state index is 13.5. The van der Waals surface area contributed by atoms with Crippen LogP contribution in [0.3, 0.4) is 0 Å². The van der Waals surface area contributed by atoms with Gasteiger partial charge in [-0.1, -0.05) is 48.5 Å². The van der Waals surface area contributed by atoms with E-state index in [1.165, 1.54) is 0 Å². The van der Waals surface area contributed by atoms with Crippen LogP contribution in [0.5, 0.6) is 0 Å². The molecule has 0 aromatic heterocycles. The molecule has 1 aliphatic heterocycles. The highest BCUT2D eigenvalue weighted by Gasteiger charge is 2.50. The van der Waals surface area contributed by atoms with Crippen molar-refractivity contribution in [3.8, 4) is 0 Å². The van der Waals surface area contributed by atoms with Gasteiger partial charge in [-0.3, -0.25) is 4.79 Å². The Morgan fingerprint density at radius 2 is 1.38 bits per heavy atom. The number of hydrogen-bond acceptors (Lipinski definition) is 4. The number of carbonyl (C=O) groups is 2. The summed E-state index contributed by atoms with van der Waals surface area (Å²) in [6.45, 7) is 23.6. The average Bonchev–Trinajstić information content (AvgIpc) is 2.51. The Kier molecular flexibility index (Phi) is 7.53. The summed E-state index contributed by atoms with van der Waals surface area (Å²) in [6.07, 6.45) is 2.50. The molecule has 0 aromatic carbocycles. The van der Waals surface area contributed by atoms with Gasteiger partial charge in [0.2, 0.25) is 0 Å². The third-order valence-corrected chi connectivity index (χ3v) is 6.27. The van der Waals surface area contributed by atoms with Crippen molar-refractivity contribution in [2.75, 3.05) is 13.1 Å². The van der Waals surface area contributed by atoms with Gasteiger partial charge in [-0.15, -0.1) is 0 Å². The molecule has 1 saturated heterocycles. The van der Waals surface area contributed by atoms with E-state index in [2.05, 4.69) is 48.5 Å². The highest BCUT2D eigenvalue weighted by Crippen LogP contribution is 2.48. The molecule has 5 nitrogen and oxygen atoms in total. The standard InChI is InChI=1S/C24H45NO4/c1-12-24(13-15-25(16-14-24)19(27)29-22(8,9)10)28-18(26)23(11,21(5,6)7)17-20(2,3)4/h12-17H2,1-11H3. The first kappa shape index (κ1) is 25.8. The maximum absolute atomic E-state index is 13.5. The molecule has 0 radical (unpaired) electrons. The summed E-state index contributed by atoms with van der Waals surface area (Å²) >= 11 is 0. The van der Waals surface area contributed by atoms with E-state index in [1.807, 2.05) is 27.7 Å². The van der Waals surface area contributed by atoms with Crippen molar-refractivity contribution in [1.82, 2.24) is 4.90 Å². The monoisotopic (exact) mass is 411 g/mol. The minimum atomic E-state index is -0.588. The van der Waals surface area contributed by atoms with Gasteiger partial charge in [0.05, 0.1) is 5.41 Å². The highest BCUT2D eigenvalue weighted by atomic mass is 16.6. The van der Waals surface area contributed by atoms with Crippen LogP contribution in [0.15, 0.2) is 0 Å². The van der Waals surface area contributed by atoms with Crippen molar-refractivity contribution in [3.63, 3.8) is 0 Å². The van der Waals surface area contributed by atoms with Crippen molar-refractivity contribution in [1.29, 1.82) is 0 Å². The van der Waals surface area contributed by atoms with Crippen molar-refractivity contribution in [3.05, 3.63) is 0 Å². The molecule has 0 aliphatic carbocycles. The molecule has 0 bridgehead atoms. The molecular formula is C24H45NO4. The van der Waals surface area contributed by atoms with Crippen LogP contribution in [0.4, 0.5) is 4.79 Å². The van der Waals surface area contributed by atoms with Crippen molar-refractivity contribution in [2.24, 2.45) is 16.2 Å². The summed E-state index contributed by atoms with van der Waals surface area (Å²) in [6, 6.07) is 0. The van der Waals surface area contributed by atoms with Gasteiger partial charge in [0.15, 0.2) is 0 Å². The first-order valence-corrected chi connectivity index (χ1v) is 11.1. The van der Waals surface area contributed by atoms with E-state index in [9.17, 15) is 9.59 Å². The van der Waals surface area contributed by atoms with Crippen LogP contribution in [0.1, 0.15) is 102 Å². The topological polar surface area (TPSA) is 55.8 Å². The van der Waals surface area contributed by atoms with Crippen LogP contribution >= 0.6 is 0 Å². The lowest BCUT2D eigenvalue weighted by molar-refractivity contribution is -0.186. The van der Waals surface area contributed by atoms with Crippen LogP contribution < -0.4 is 0 Å². The molecule has 1 fully saturated rings.